The first-order valence-electron chi connectivity index (χ1n) is 13.0. The molecule has 4 rings (SSSR count). The average molecular weight is 538 g/mol. The summed E-state index contributed by atoms with van der Waals surface area (Å²) >= 11 is 0. The van der Waals surface area contributed by atoms with Crippen molar-refractivity contribution in [3.8, 4) is 28.7 Å². The van der Waals surface area contributed by atoms with Gasteiger partial charge in [0.15, 0.2) is 23.0 Å². The van der Waals surface area contributed by atoms with Gasteiger partial charge in [0.05, 0.1) is 13.7 Å². The predicted octanol–water partition coefficient (Wildman–Crippen LogP) is 3.55. The lowest BCUT2D eigenvalue weighted by Gasteiger charge is -2.25. The normalized spacial score (nSPS) is 14.8. The summed E-state index contributed by atoms with van der Waals surface area (Å²) in [5.74, 6) is 2.44. The Morgan fingerprint density at radius 1 is 1.03 bits per heavy atom. The van der Waals surface area contributed by atoms with Crippen molar-refractivity contribution in [1.29, 1.82) is 0 Å². The molecule has 0 radical (unpaired) electrons. The highest BCUT2D eigenvalue weighted by Gasteiger charge is 2.28. The van der Waals surface area contributed by atoms with Crippen molar-refractivity contribution in [2.45, 2.75) is 32.2 Å². The molecular weight excluding hydrogens is 502 g/mol. The molecule has 0 fully saturated rings. The van der Waals surface area contributed by atoms with Gasteiger partial charge in [0.1, 0.15) is 31.7 Å². The fraction of sp³-hybridized carbons (Fsp3) is 0.367. The molecule has 3 aromatic rings. The van der Waals surface area contributed by atoms with Crippen molar-refractivity contribution in [3.05, 3.63) is 77.9 Å². The molecule has 0 aliphatic carbocycles. The Bertz CT molecular complexity index is 1200. The quantitative estimate of drug-likeness (QED) is 0.236. The van der Waals surface area contributed by atoms with Crippen LogP contribution in [0.3, 0.4) is 0 Å². The molecule has 0 bridgehead atoms. The van der Waals surface area contributed by atoms with Crippen LogP contribution in [0.2, 0.25) is 0 Å². The molecule has 2 atom stereocenters. The van der Waals surface area contributed by atoms with Crippen molar-refractivity contribution >= 4 is 5.97 Å². The highest BCUT2D eigenvalue weighted by Crippen LogP contribution is 2.33. The van der Waals surface area contributed by atoms with Crippen LogP contribution >= 0.6 is 0 Å². The van der Waals surface area contributed by atoms with Crippen molar-refractivity contribution < 1.29 is 38.3 Å². The summed E-state index contributed by atoms with van der Waals surface area (Å²) in [4.78, 5) is 11.9. The number of aliphatic hydroxyl groups excluding tert-OH is 1. The van der Waals surface area contributed by atoms with Crippen LogP contribution in [0.25, 0.3) is 0 Å². The molecule has 1 heterocycles. The number of rotatable bonds is 14. The molecule has 208 valence electrons. The van der Waals surface area contributed by atoms with E-state index in [9.17, 15) is 9.90 Å². The monoisotopic (exact) mass is 537 g/mol. The molecule has 9 nitrogen and oxygen atoms in total. The van der Waals surface area contributed by atoms with Crippen LogP contribution in [0.1, 0.15) is 18.1 Å². The van der Waals surface area contributed by atoms with E-state index in [-0.39, 0.29) is 13.2 Å². The van der Waals surface area contributed by atoms with E-state index < -0.39 is 18.2 Å². The molecular formula is C30H35NO8. The first-order valence-corrected chi connectivity index (χ1v) is 13.0. The van der Waals surface area contributed by atoms with Gasteiger partial charge in [-0.15, -0.1) is 0 Å². The number of methoxy groups -OCH3 is 1. The van der Waals surface area contributed by atoms with Gasteiger partial charge in [-0.1, -0.05) is 36.4 Å². The number of nitrogens with one attached hydrogen (secondary N) is 1. The first kappa shape index (κ1) is 28.1. The maximum absolute atomic E-state index is 11.9. The lowest BCUT2D eigenvalue weighted by atomic mass is 10.1. The minimum atomic E-state index is -0.750. The summed E-state index contributed by atoms with van der Waals surface area (Å²) in [6, 6.07) is 20.9. The summed E-state index contributed by atoms with van der Waals surface area (Å²) in [6.07, 6.45) is -0.729. The summed E-state index contributed by atoms with van der Waals surface area (Å²) in [5.41, 5.74) is 2.12. The van der Waals surface area contributed by atoms with Crippen molar-refractivity contribution in [2.75, 3.05) is 40.0 Å². The van der Waals surface area contributed by atoms with Crippen LogP contribution in [-0.4, -0.2) is 63.3 Å². The van der Waals surface area contributed by atoms with E-state index >= 15 is 0 Å². The molecule has 0 amide bonds. The number of esters is 1. The summed E-state index contributed by atoms with van der Waals surface area (Å²) in [7, 11) is 1.57. The molecule has 9 heteroatoms. The highest BCUT2D eigenvalue weighted by molar-refractivity contribution is 5.76. The van der Waals surface area contributed by atoms with Crippen molar-refractivity contribution in [1.82, 2.24) is 5.32 Å². The van der Waals surface area contributed by atoms with Crippen LogP contribution in [0.15, 0.2) is 66.7 Å². The maximum atomic E-state index is 11.9. The molecule has 39 heavy (non-hydrogen) atoms. The minimum absolute atomic E-state index is 0.110. The van der Waals surface area contributed by atoms with Crippen molar-refractivity contribution in [3.63, 3.8) is 0 Å². The molecule has 0 saturated carbocycles. The van der Waals surface area contributed by atoms with Gasteiger partial charge in [-0.25, -0.2) is 4.79 Å². The van der Waals surface area contributed by atoms with E-state index in [0.717, 1.165) is 17.5 Å². The number of benzene rings is 3. The Morgan fingerprint density at radius 3 is 2.67 bits per heavy atom. The SMILES string of the molecule is CCOC(=O)[C@H]1COc2cc(CCNC[C@H](O)COc3ccc(OCc4ccccc4)cc3OC)ccc2O1. The van der Waals surface area contributed by atoms with Crippen LogP contribution in [0.4, 0.5) is 0 Å². The molecule has 0 unspecified atom stereocenters. The molecule has 3 aromatic carbocycles. The topological polar surface area (TPSA) is 105 Å². The van der Waals surface area contributed by atoms with Crippen molar-refractivity contribution in [2.24, 2.45) is 0 Å². The molecule has 1 aliphatic rings. The minimum Gasteiger partial charge on any atom is -0.493 e. The van der Waals surface area contributed by atoms with Gasteiger partial charge in [-0.3, -0.25) is 0 Å². The lowest BCUT2D eigenvalue weighted by molar-refractivity contribution is -0.153. The molecule has 0 saturated heterocycles. The fourth-order valence-electron chi connectivity index (χ4n) is 3.97. The zero-order valence-corrected chi connectivity index (χ0v) is 22.3. The number of ether oxygens (including phenoxy) is 6. The Hall–Kier alpha value is -3.95. The zero-order chi connectivity index (χ0) is 27.5. The standard InChI is InChI=1S/C30H35NO8/c1-3-35-30(33)29-20-38-28-15-21(9-11-26(28)39-29)13-14-31-17-23(32)19-37-25-12-10-24(16-27(25)34-2)36-18-22-7-5-4-6-8-22/h4-12,15-16,23,29,31-32H,3,13-14,17-20H2,1-2H3/t23-,29+/m0/s1. The summed E-state index contributed by atoms with van der Waals surface area (Å²) in [5, 5.41) is 13.6. The van der Waals surface area contributed by atoms with Crippen LogP contribution in [0, 0.1) is 0 Å². The highest BCUT2D eigenvalue weighted by atomic mass is 16.6. The van der Waals surface area contributed by atoms with Gasteiger partial charge < -0.3 is 38.8 Å². The molecule has 1 aliphatic heterocycles. The third-order valence-electron chi connectivity index (χ3n) is 6.00. The second-order valence-electron chi connectivity index (χ2n) is 8.96. The van der Waals surface area contributed by atoms with Gasteiger partial charge in [-0.05, 0) is 55.3 Å². The molecule has 2 N–H and O–H groups in total. The Labute approximate surface area is 228 Å². The van der Waals surface area contributed by atoms with E-state index in [0.29, 0.717) is 55.1 Å². The number of hydrogen-bond donors (Lipinski definition) is 2. The van der Waals surface area contributed by atoms with E-state index in [4.69, 9.17) is 28.4 Å². The van der Waals surface area contributed by atoms with E-state index in [1.807, 2.05) is 48.5 Å². The third kappa shape index (κ3) is 8.27. The average Bonchev–Trinajstić information content (AvgIpc) is 2.97. The van der Waals surface area contributed by atoms with Gasteiger partial charge in [0.25, 0.3) is 0 Å². The van der Waals surface area contributed by atoms with Gasteiger partial charge in [0, 0.05) is 12.6 Å². The smallest absolute Gasteiger partial charge is 0.350 e. The number of fused-ring (bicyclic) bond motifs is 1. The first-order chi connectivity index (χ1) is 19.1. The fourth-order valence-corrected chi connectivity index (χ4v) is 3.97. The largest absolute Gasteiger partial charge is 0.493 e. The van der Waals surface area contributed by atoms with E-state index in [1.165, 1.54) is 0 Å². The van der Waals surface area contributed by atoms with Gasteiger partial charge in [0.2, 0.25) is 6.10 Å². The zero-order valence-electron chi connectivity index (χ0n) is 22.3. The number of hydrogen-bond acceptors (Lipinski definition) is 9. The van der Waals surface area contributed by atoms with Gasteiger partial charge in [-0.2, -0.15) is 0 Å². The van der Waals surface area contributed by atoms with Gasteiger partial charge >= 0.3 is 5.97 Å². The Kier molecular flexibility index (Phi) is 10.3. The molecule has 0 spiro atoms. The van der Waals surface area contributed by atoms with E-state index in [2.05, 4.69) is 5.32 Å². The van der Waals surface area contributed by atoms with E-state index in [1.54, 1.807) is 32.2 Å². The Morgan fingerprint density at radius 2 is 1.87 bits per heavy atom. The molecule has 0 aromatic heterocycles. The second kappa shape index (κ2) is 14.3. The second-order valence-corrected chi connectivity index (χ2v) is 8.96. The van der Waals surface area contributed by atoms with Crippen LogP contribution in [-0.2, 0) is 22.6 Å². The third-order valence-corrected chi connectivity index (χ3v) is 6.00. The number of carbonyl (C=O) groups is 1. The Balaban J connectivity index is 1.17. The summed E-state index contributed by atoms with van der Waals surface area (Å²) in [6.45, 7) is 3.75. The lowest BCUT2D eigenvalue weighted by Crippen LogP contribution is -2.37. The number of carbonyl (C=O) groups excluding carboxylic acids is 1. The predicted molar refractivity (Wildman–Crippen MR) is 145 cm³/mol. The number of aliphatic hydroxyl groups is 1. The van der Waals surface area contributed by atoms with Crippen LogP contribution in [0.5, 0.6) is 28.7 Å². The summed E-state index contributed by atoms with van der Waals surface area (Å²) < 4.78 is 33.5. The maximum Gasteiger partial charge on any atom is 0.350 e. The van der Waals surface area contributed by atoms with Crippen LogP contribution < -0.4 is 29.0 Å².